The molecule has 233 valence electrons. The van der Waals surface area contributed by atoms with Crippen LogP contribution >= 0.6 is 17.0 Å². The molecule has 0 bridgehead atoms. The molecule has 0 fully saturated rings. The first kappa shape index (κ1) is 42.8. The SMILES string of the molecule is CC1=C(C)C(C)(C)C(C2=C(C)C(C)=C(C)C2(C)C)=C1C.CC1=C(C)C(C)(C)[C]([Zr+2])=C1C.[CH3][Zr]([Cl])([Cl])[C]1=CC=CC1.[Cl-].[Cl-]. The fraction of sp³-hybridized carbons (Fsp3) is 0.556. The predicted octanol–water partition coefficient (Wildman–Crippen LogP) is 6.90. The third-order valence-corrected chi connectivity index (χ3v) is 19.8. The van der Waals surface area contributed by atoms with Gasteiger partial charge in [-0.25, -0.2) is 0 Å². The molecule has 4 aliphatic rings. The van der Waals surface area contributed by atoms with Crippen LogP contribution in [0.3, 0.4) is 0 Å². The molecule has 0 aliphatic heterocycles. The van der Waals surface area contributed by atoms with Crippen LogP contribution in [0.15, 0.2) is 86.1 Å². The minimum Gasteiger partial charge on any atom is -1.00 e. The monoisotopic (exact) mass is 805 g/mol. The maximum Gasteiger partial charge on any atom is -1.00 e. The summed E-state index contributed by atoms with van der Waals surface area (Å²) in [7, 11) is 12.0. The van der Waals surface area contributed by atoms with Gasteiger partial charge in [0.1, 0.15) is 0 Å². The Kier molecular flexibility index (Phi) is 15.5. The Morgan fingerprint density at radius 2 is 0.929 bits per heavy atom. The van der Waals surface area contributed by atoms with Gasteiger partial charge in [-0.05, 0) is 75.0 Å². The molecule has 0 aromatic rings. The summed E-state index contributed by atoms with van der Waals surface area (Å²) in [5, 5.41) is 0. The predicted molar refractivity (Wildman–Crippen MR) is 174 cm³/mol. The molecule has 0 unspecified atom stereocenters. The van der Waals surface area contributed by atoms with E-state index in [1.54, 1.807) is 44.7 Å². The second kappa shape index (κ2) is 15.2. The Morgan fingerprint density at radius 3 is 1.07 bits per heavy atom. The van der Waals surface area contributed by atoms with Crippen LogP contribution in [0.2, 0.25) is 4.63 Å². The molecule has 0 spiro atoms. The minimum absolute atomic E-state index is 0. The average molecular weight is 810 g/mol. The van der Waals surface area contributed by atoms with Crippen LogP contribution in [-0.2, 0) is 42.6 Å². The Labute approximate surface area is 298 Å². The molecule has 0 nitrogen and oxygen atoms in total. The molecule has 4 rings (SSSR count). The summed E-state index contributed by atoms with van der Waals surface area (Å²) < 4.78 is 4.91. The van der Waals surface area contributed by atoms with Crippen LogP contribution in [0.1, 0.15) is 110 Å². The van der Waals surface area contributed by atoms with Gasteiger partial charge in [-0.1, -0.05) is 38.8 Å². The van der Waals surface area contributed by atoms with Crippen molar-refractivity contribution in [2.24, 2.45) is 16.2 Å². The van der Waals surface area contributed by atoms with Crippen molar-refractivity contribution in [1.82, 2.24) is 0 Å². The number of rotatable bonds is 2. The van der Waals surface area contributed by atoms with E-state index >= 15 is 0 Å². The second-order valence-electron chi connectivity index (χ2n) is 13.8. The maximum atomic E-state index is 6.01. The van der Waals surface area contributed by atoms with Gasteiger partial charge in [0.2, 0.25) is 0 Å². The molecule has 6 heteroatoms. The van der Waals surface area contributed by atoms with Gasteiger partial charge in [-0.2, -0.15) is 0 Å². The van der Waals surface area contributed by atoms with Crippen molar-refractivity contribution >= 4 is 17.0 Å². The van der Waals surface area contributed by atoms with E-state index in [4.69, 9.17) is 17.0 Å². The summed E-state index contributed by atoms with van der Waals surface area (Å²) in [6.07, 6.45) is 7.15. The summed E-state index contributed by atoms with van der Waals surface area (Å²) in [6.45, 7) is 34.7. The van der Waals surface area contributed by atoms with Crippen LogP contribution in [-0.4, -0.2) is 0 Å². The average Bonchev–Trinajstić information content (AvgIpc) is 3.53. The van der Waals surface area contributed by atoms with Crippen LogP contribution in [0.5, 0.6) is 0 Å². The van der Waals surface area contributed by atoms with E-state index in [9.17, 15) is 0 Å². The van der Waals surface area contributed by atoms with E-state index in [0.717, 1.165) is 6.42 Å². The van der Waals surface area contributed by atoms with E-state index in [0.29, 0.717) is 5.41 Å². The molecule has 0 radical (unpaired) electrons. The molecule has 0 amide bonds. The third-order valence-electron chi connectivity index (χ3n) is 10.8. The number of hydrogen-bond donors (Lipinski definition) is 0. The Balaban J connectivity index is 0.000000649. The van der Waals surface area contributed by atoms with Gasteiger partial charge < -0.3 is 24.8 Å². The molecule has 42 heavy (non-hydrogen) atoms. The molecule has 0 heterocycles. The normalized spacial score (nSPS) is 22.2. The summed E-state index contributed by atoms with van der Waals surface area (Å²) in [5.41, 5.74) is 17.5. The molecule has 0 N–H and O–H groups in total. The standard InChI is InChI=1S/C20H30.C10H15.C5H5.CH3.4ClH.2Zr/c1-11-13(3)17(19(7,8)15(11)5)18-14(4)12(2)16(6)20(18,9)10;1-7-6-10(4,5)9(3)8(7)2;1-2-4-5-3-1;;;;;;;/h1-10H3;1-5H3;1-3H,4H2;1H3;4*1H;;/q;;;;;;;;2*+2/p-4. The summed E-state index contributed by atoms with van der Waals surface area (Å²) in [5.74, 6) is 0. The van der Waals surface area contributed by atoms with Crippen molar-refractivity contribution < 1.29 is 67.4 Å². The zero-order valence-corrected chi connectivity index (χ0v) is 36.9. The van der Waals surface area contributed by atoms with E-state index in [-0.39, 0.29) is 35.6 Å². The molecular weight excluding hydrogens is 757 g/mol. The van der Waals surface area contributed by atoms with Gasteiger partial charge in [0.05, 0.1) is 0 Å². The minimum atomic E-state index is -2.65. The van der Waals surface area contributed by atoms with Crippen LogP contribution in [0, 0.1) is 16.2 Å². The molecule has 4 aliphatic carbocycles. The van der Waals surface area contributed by atoms with Gasteiger partial charge in [0.25, 0.3) is 0 Å². The topological polar surface area (TPSA) is 0 Å². The largest absolute Gasteiger partial charge is 1.00 e. The maximum absolute atomic E-state index is 6.01. The number of halogens is 4. The second-order valence-corrected chi connectivity index (χ2v) is 31.1. The van der Waals surface area contributed by atoms with E-state index in [1.807, 2.05) is 10.7 Å². The quantitative estimate of drug-likeness (QED) is 0.285. The van der Waals surface area contributed by atoms with Gasteiger partial charge in [-0.15, -0.1) is 0 Å². The molecular formula is C36H53Cl4Zr2. The molecule has 0 atom stereocenters. The van der Waals surface area contributed by atoms with Gasteiger partial charge >= 0.3 is 152 Å². The van der Waals surface area contributed by atoms with Crippen molar-refractivity contribution in [2.45, 2.75) is 115 Å². The van der Waals surface area contributed by atoms with Crippen LogP contribution < -0.4 is 24.8 Å². The summed E-state index contributed by atoms with van der Waals surface area (Å²) in [6, 6.07) is 0. The van der Waals surface area contributed by atoms with E-state index in [1.165, 1.54) is 47.9 Å². The zero-order chi connectivity index (χ0) is 31.3. The fourth-order valence-electron chi connectivity index (χ4n) is 6.55. The molecule has 0 aromatic carbocycles. The van der Waals surface area contributed by atoms with Gasteiger partial charge in [0, 0.05) is 10.8 Å². The third kappa shape index (κ3) is 8.03. The smallest absolute Gasteiger partial charge is 1.00 e. The summed E-state index contributed by atoms with van der Waals surface area (Å²) >= 11 is -1.07. The summed E-state index contributed by atoms with van der Waals surface area (Å²) in [4.78, 5) is 0. The number of allylic oxidation sites excluding steroid dienone is 16. The van der Waals surface area contributed by atoms with E-state index in [2.05, 4.69) is 116 Å². The zero-order valence-electron chi connectivity index (χ0n) is 29.0. The van der Waals surface area contributed by atoms with Crippen LogP contribution in [0.4, 0.5) is 0 Å². The number of hydrogen-bond acceptors (Lipinski definition) is 0. The Morgan fingerprint density at radius 1 is 0.595 bits per heavy atom. The Bertz CT molecular complexity index is 1260. The van der Waals surface area contributed by atoms with Crippen LogP contribution in [0.25, 0.3) is 0 Å². The van der Waals surface area contributed by atoms with Crippen molar-refractivity contribution in [1.29, 1.82) is 0 Å². The molecule has 0 saturated carbocycles. The van der Waals surface area contributed by atoms with Crippen molar-refractivity contribution in [3.05, 3.63) is 86.1 Å². The van der Waals surface area contributed by atoms with Gasteiger partial charge in [-0.3, -0.25) is 0 Å². The molecule has 0 aromatic heterocycles. The van der Waals surface area contributed by atoms with Gasteiger partial charge in [0.15, 0.2) is 0 Å². The van der Waals surface area contributed by atoms with Crippen molar-refractivity contribution in [3.63, 3.8) is 0 Å². The fourth-order valence-corrected chi connectivity index (χ4v) is 11.3. The molecule has 0 saturated heterocycles. The Hall–Kier alpha value is 0.846. The van der Waals surface area contributed by atoms with Crippen molar-refractivity contribution in [3.8, 4) is 0 Å². The first-order chi connectivity index (χ1) is 17.9. The van der Waals surface area contributed by atoms with E-state index < -0.39 is 17.9 Å². The first-order valence-electron chi connectivity index (χ1n) is 14.6. The first-order valence-corrected chi connectivity index (χ1v) is 25.8. The van der Waals surface area contributed by atoms with Crippen molar-refractivity contribution in [2.75, 3.05) is 0 Å².